The quantitative estimate of drug-likeness (QED) is 0.782. The molecule has 3 heterocycles. The number of carbonyl (C=O) groups is 1. The van der Waals surface area contributed by atoms with Crippen LogP contribution >= 0.6 is 11.3 Å². The Morgan fingerprint density at radius 3 is 2.87 bits per heavy atom. The first kappa shape index (κ1) is 15.7. The number of hydrogen-bond donors (Lipinski definition) is 1. The number of rotatable bonds is 5. The minimum atomic E-state index is -0.0457. The second-order valence-electron chi connectivity index (χ2n) is 5.83. The monoisotopic (exact) mass is 328 g/mol. The highest BCUT2D eigenvalue weighted by Crippen LogP contribution is 2.24. The van der Waals surface area contributed by atoms with E-state index in [0.717, 1.165) is 22.0 Å². The number of aryl methyl sites for hydroxylation is 1. The summed E-state index contributed by atoms with van der Waals surface area (Å²) in [6, 6.07) is 5.90. The molecule has 0 fully saturated rings. The van der Waals surface area contributed by atoms with E-state index in [-0.39, 0.29) is 5.91 Å². The Morgan fingerprint density at radius 2 is 2.17 bits per heavy atom. The molecular formula is C17H20N4OS. The molecule has 0 aliphatic rings. The molecule has 0 saturated heterocycles. The zero-order chi connectivity index (χ0) is 16.4. The highest BCUT2D eigenvalue weighted by atomic mass is 32.1. The van der Waals surface area contributed by atoms with Crippen LogP contribution in [0.3, 0.4) is 0 Å². The van der Waals surface area contributed by atoms with Crippen molar-refractivity contribution in [2.24, 2.45) is 0 Å². The third kappa shape index (κ3) is 3.42. The van der Waals surface area contributed by atoms with Crippen molar-refractivity contribution in [2.45, 2.75) is 33.1 Å². The number of carbonyl (C=O) groups excluding carboxylic acids is 1. The van der Waals surface area contributed by atoms with Gasteiger partial charge in [0.1, 0.15) is 10.5 Å². The number of pyridine rings is 1. The van der Waals surface area contributed by atoms with Crippen LogP contribution in [-0.2, 0) is 6.42 Å². The summed E-state index contributed by atoms with van der Waals surface area (Å²) in [6.45, 7) is 6.63. The van der Waals surface area contributed by atoms with E-state index >= 15 is 0 Å². The average molecular weight is 328 g/mol. The third-order valence-electron chi connectivity index (χ3n) is 3.59. The fraction of sp³-hybridized carbons (Fsp3) is 0.353. The molecule has 23 heavy (non-hydrogen) atoms. The predicted octanol–water partition coefficient (Wildman–Crippen LogP) is 3.20. The van der Waals surface area contributed by atoms with Gasteiger partial charge in [0.05, 0.1) is 16.4 Å². The lowest BCUT2D eigenvalue weighted by Crippen LogP contribution is -2.25. The van der Waals surface area contributed by atoms with Crippen LogP contribution < -0.4 is 5.32 Å². The summed E-state index contributed by atoms with van der Waals surface area (Å²) >= 11 is 1.48. The minimum Gasteiger partial charge on any atom is -0.351 e. The summed E-state index contributed by atoms with van der Waals surface area (Å²) in [5.74, 6) is 0.300. The first-order valence-corrected chi connectivity index (χ1v) is 8.54. The number of thiazole rings is 1. The predicted molar refractivity (Wildman–Crippen MR) is 92.2 cm³/mol. The number of fused-ring (bicyclic) bond motifs is 1. The molecule has 0 aliphatic carbocycles. The average Bonchev–Trinajstić information content (AvgIpc) is 3.10. The molecule has 6 heteroatoms. The second kappa shape index (κ2) is 6.50. The van der Waals surface area contributed by atoms with Crippen LogP contribution in [0.2, 0.25) is 0 Å². The van der Waals surface area contributed by atoms with Crippen molar-refractivity contribution in [1.29, 1.82) is 0 Å². The second-order valence-corrected chi connectivity index (χ2v) is 6.86. The van der Waals surface area contributed by atoms with Gasteiger partial charge in [-0.05, 0) is 19.1 Å². The summed E-state index contributed by atoms with van der Waals surface area (Å²) in [5.41, 5.74) is 2.71. The van der Waals surface area contributed by atoms with Crippen LogP contribution in [0.1, 0.15) is 45.8 Å². The summed E-state index contributed by atoms with van der Waals surface area (Å²) in [5, 5.41) is 3.97. The van der Waals surface area contributed by atoms with Crippen LogP contribution in [0.15, 0.2) is 30.6 Å². The van der Waals surface area contributed by atoms with Crippen LogP contribution in [0.5, 0.6) is 0 Å². The van der Waals surface area contributed by atoms with Gasteiger partial charge in [-0.3, -0.25) is 4.79 Å². The van der Waals surface area contributed by atoms with E-state index in [1.54, 1.807) is 0 Å². The number of imidazole rings is 1. The Labute approximate surface area is 139 Å². The fourth-order valence-electron chi connectivity index (χ4n) is 2.37. The highest BCUT2D eigenvalue weighted by molar-refractivity contribution is 7.13. The van der Waals surface area contributed by atoms with E-state index in [4.69, 9.17) is 0 Å². The summed E-state index contributed by atoms with van der Waals surface area (Å²) in [7, 11) is 0. The van der Waals surface area contributed by atoms with Gasteiger partial charge < -0.3 is 9.72 Å². The number of nitrogens with zero attached hydrogens (tertiary/aromatic N) is 3. The van der Waals surface area contributed by atoms with Gasteiger partial charge in [-0.15, -0.1) is 11.3 Å². The Balaban J connectivity index is 1.60. The van der Waals surface area contributed by atoms with Crippen molar-refractivity contribution in [3.63, 3.8) is 0 Å². The van der Waals surface area contributed by atoms with E-state index < -0.39 is 0 Å². The molecule has 5 nitrogen and oxygen atoms in total. The summed E-state index contributed by atoms with van der Waals surface area (Å²) < 4.78 is 1.99. The van der Waals surface area contributed by atoms with E-state index in [2.05, 4.69) is 29.1 Å². The minimum absolute atomic E-state index is 0.0457. The summed E-state index contributed by atoms with van der Waals surface area (Å²) in [4.78, 5) is 22.0. The number of aromatic nitrogens is 3. The third-order valence-corrected chi connectivity index (χ3v) is 5.05. The van der Waals surface area contributed by atoms with E-state index in [0.29, 0.717) is 23.8 Å². The smallest absolute Gasteiger partial charge is 0.263 e. The first-order valence-electron chi connectivity index (χ1n) is 7.72. The molecular weight excluding hydrogens is 308 g/mol. The maximum atomic E-state index is 12.3. The van der Waals surface area contributed by atoms with Gasteiger partial charge in [0.25, 0.3) is 5.91 Å². The molecule has 3 aromatic rings. The molecule has 0 atom stereocenters. The topological polar surface area (TPSA) is 59.3 Å². The highest BCUT2D eigenvalue weighted by Gasteiger charge is 2.16. The van der Waals surface area contributed by atoms with E-state index in [9.17, 15) is 4.79 Å². The van der Waals surface area contributed by atoms with Crippen molar-refractivity contribution in [3.8, 4) is 0 Å². The Morgan fingerprint density at radius 1 is 1.35 bits per heavy atom. The van der Waals surface area contributed by atoms with Gasteiger partial charge >= 0.3 is 0 Å². The van der Waals surface area contributed by atoms with Gasteiger partial charge in [-0.2, -0.15) is 0 Å². The molecule has 0 aliphatic heterocycles. The Kier molecular flexibility index (Phi) is 4.43. The maximum Gasteiger partial charge on any atom is 0.263 e. The SMILES string of the molecule is Cc1nc(C(C)C)sc1C(=O)NCCc1cn2ccccc2n1. The standard InChI is InChI=1S/C17H20N4OS/c1-11(2)17-19-12(3)15(23-17)16(22)18-8-7-13-10-21-9-5-4-6-14(21)20-13/h4-6,9-11H,7-8H2,1-3H3,(H,18,22). The van der Waals surface area contributed by atoms with Gasteiger partial charge in [-0.1, -0.05) is 19.9 Å². The molecule has 0 spiro atoms. The normalized spacial score (nSPS) is 11.3. The van der Waals surface area contributed by atoms with Crippen LogP contribution in [0.25, 0.3) is 5.65 Å². The van der Waals surface area contributed by atoms with Gasteiger partial charge in [0.2, 0.25) is 0 Å². The van der Waals surface area contributed by atoms with Gasteiger partial charge in [0.15, 0.2) is 0 Å². The molecule has 1 N–H and O–H groups in total. The molecule has 1 amide bonds. The molecule has 3 aromatic heterocycles. The number of amides is 1. The molecule has 0 radical (unpaired) electrons. The molecule has 3 rings (SSSR count). The van der Waals surface area contributed by atoms with Crippen molar-refractivity contribution < 1.29 is 4.79 Å². The van der Waals surface area contributed by atoms with Crippen molar-refractivity contribution in [2.75, 3.05) is 6.54 Å². The molecule has 0 unspecified atom stereocenters. The Bertz CT molecular complexity index is 801. The lowest BCUT2D eigenvalue weighted by atomic mass is 10.2. The summed E-state index contributed by atoms with van der Waals surface area (Å²) in [6.07, 6.45) is 4.68. The zero-order valence-corrected chi connectivity index (χ0v) is 14.4. The fourth-order valence-corrected chi connectivity index (χ4v) is 3.35. The van der Waals surface area contributed by atoms with Crippen molar-refractivity contribution in [3.05, 3.63) is 51.9 Å². The lowest BCUT2D eigenvalue weighted by Gasteiger charge is -2.02. The van der Waals surface area contributed by atoms with Crippen LogP contribution in [0, 0.1) is 6.92 Å². The molecule has 0 aromatic carbocycles. The largest absolute Gasteiger partial charge is 0.351 e. The molecule has 0 saturated carbocycles. The van der Waals surface area contributed by atoms with E-state index in [1.165, 1.54) is 11.3 Å². The molecule has 0 bridgehead atoms. The van der Waals surface area contributed by atoms with Crippen molar-refractivity contribution >= 4 is 22.9 Å². The molecule has 120 valence electrons. The Hall–Kier alpha value is -2.21. The van der Waals surface area contributed by atoms with Crippen molar-refractivity contribution in [1.82, 2.24) is 19.7 Å². The maximum absolute atomic E-state index is 12.3. The van der Waals surface area contributed by atoms with Gasteiger partial charge in [0, 0.05) is 31.3 Å². The number of nitrogens with one attached hydrogen (secondary N) is 1. The lowest BCUT2D eigenvalue weighted by molar-refractivity contribution is 0.0957. The van der Waals surface area contributed by atoms with E-state index in [1.807, 2.05) is 41.9 Å². The number of hydrogen-bond acceptors (Lipinski definition) is 4. The van der Waals surface area contributed by atoms with Gasteiger partial charge in [-0.25, -0.2) is 9.97 Å². The first-order chi connectivity index (χ1) is 11.0. The van der Waals surface area contributed by atoms with Crippen LogP contribution in [0.4, 0.5) is 0 Å². The van der Waals surface area contributed by atoms with Crippen LogP contribution in [-0.4, -0.2) is 26.8 Å². The zero-order valence-electron chi connectivity index (χ0n) is 13.5.